The molecule has 0 aliphatic heterocycles. The zero-order valence-corrected chi connectivity index (χ0v) is 9.32. The third-order valence-electron chi connectivity index (χ3n) is 2.40. The van der Waals surface area contributed by atoms with E-state index in [0.29, 0.717) is 6.04 Å². The quantitative estimate of drug-likeness (QED) is 0.736. The number of carbonyl (C=O) groups excluding carboxylic acids is 1. The fourth-order valence-corrected chi connectivity index (χ4v) is 1.23. The van der Waals surface area contributed by atoms with Gasteiger partial charge in [0.1, 0.15) is 5.78 Å². The highest BCUT2D eigenvalue weighted by atomic mass is 16.1. The molecule has 0 fully saturated rings. The van der Waals surface area contributed by atoms with Crippen LogP contribution < -0.4 is 0 Å². The zero-order chi connectivity index (χ0) is 10.7. The van der Waals surface area contributed by atoms with Crippen LogP contribution in [0.2, 0.25) is 0 Å². The highest BCUT2D eigenvalue weighted by Crippen LogP contribution is 2.09. The molecule has 1 aromatic rings. The van der Waals surface area contributed by atoms with Crippen molar-refractivity contribution in [1.29, 1.82) is 0 Å². The van der Waals surface area contributed by atoms with Crippen molar-refractivity contribution in [3.8, 4) is 0 Å². The van der Waals surface area contributed by atoms with Crippen LogP contribution in [0.4, 0.5) is 0 Å². The molecule has 0 aliphatic rings. The molecule has 3 nitrogen and oxygen atoms in total. The summed E-state index contributed by atoms with van der Waals surface area (Å²) in [6.45, 7) is 7.75. The van der Waals surface area contributed by atoms with Gasteiger partial charge in [0.2, 0.25) is 0 Å². The van der Waals surface area contributed by atoms with E-state index in [4.69, 9.17) is 0 Å². The molecule has 0 amide bonds. The maximum atomic E-state index is 11.1. The first-order valence-corrected chi connectivity index (χ1v) is 5.05. The molecular formula is C11H18N2O. The monoisotopic (exact) mass is 194 g/mol. The molecule has 0 spiro atoms. The van der Waals surface area contributed by atoms with Gasteiger partial charge in [-0.05, 0) is 26.8 Å². The van der Waals surface area contributed by atoms with Crippen molar-refractivity contribution >= 4 is 5.78 Å². The van der Waals surface area contributed by atoms with E-state index >= 15 is 0 Å². The van der Waals surface area contributed by atoms with Crippen molar-refractivity contribution in [2.24, 2.45) is 5.92 Å². The van der Waals surface area contributed by atoms with Crippen LogP contribution >= 0.6 is 0 Å². The number of ketones is 1. The molecule has 1 rings (SSSR count). The molecule has 1 heterocycles. The summed E-state index contributed by atoms with van der Waals surface area (Å²) in [5.74, 6) is 0.301. The second-order valence-electron chi connectivity index (χ2n) is 4.10. The lowest BCUT2D eigenvalue weighted by atomic mass is 10.0. The Balaban J connectivity index is 2.64. The lowest BCUT2D eigenvalue weighted by Crippen LogP contribution is -2.10. The molecule has 0 saturated heterocycles. The van der Waals surface area contributed by atoms with Crippen LogP contribution in [0.25, 0.3) is 0 Å². The van der Waals surface area contributed by atoms with E-state index in [9.17, 15) is 4.79 Å². The second kappa shape index (κ2) is 4.40. The van der Waals surface area contributed by atoms with Gasteiger partial charge in [-0.1, -0.05) is 6.92 Å². The minimum atomic E-state index is 0.0745. The Morgan fingerprint density at radius 1 is 1.50 bits per heavy atom. The Morgan fingerprint density at radius 2 is 2.14 bits per heavy atom. The van der Waals surface area contributed by atoms with Gasteiger partial charge in [-0.25, -0.2) is 0 Å². The summed E-state index contributed by atoms with van der Waals surface area (Å²) >= 11 is 0. The van der Waals surface area contributed by atoms with Gasteiger partial charge in [0.05, 0.1) is 5.69 Å². The summed E-state index contributed by atoms with van der Waals surface area (Å²) in [6, 6.07) is 2.37. The van der Waals surface area contributed by atoms with Crippen molar-refractivity contribution in [2.75, 3.05) is 0 Å². The largest absolute Gasteiger partial charge is 0.300 e. The molecule has 0 aromatic carbocycles. The van der Waals surface area contributed by atoms with Crippen molar-refractivity contribution in [2.45, 2.75) is 40.2 Å². The summed E-state index contributed by atoms with van der Waals surface area (Å²) in [5, 5.41) is 4.40. The predicted octanol–water partition coefficient (Wildman–Crippen LogP) is 2.23. The Kier molecular flexibility index (Phi) is 3.44. The van der Waals surface area contributed by atoms with Gasteiger partial charge in [-0.3, -0.25) is 9.48 Å². The molecule has 14 heavy (non-hydrogen) atoms. The van der Waals surface area contributed by atoms with Gasteiger partial charge in [-0.2, -0.15) is 5.10 Å². The first-order chi connectivity index (χ1) is 6.50. The van der Waals surface area contributed by atoms with Gasteiger partial charge in [0.15, 0.2) is 0 Å². The number of aromatic nitrogens is 2. The molecule has 0 N–H and O–H groups in total. The van der Waals surface area contributed by atoms with Crippen molar-refractivity contribution in [1.82, 2.24) is 9.78 Å². The first-order valence-electron chi connectivity index (χ1n) is 5.05. The number of carbonyl (C=O) groups is 1. The van der Waals surface area contributed by atoms with Gasteiger partial charge < -0.3 is 0 Å². The first kappa shape index (κ1) is 11.0. The number of hydrogen-bond acceptors (Lipinski definition) is 2. The smallest absolute Gasteiger partial charge is 0.133 e. The van der Waals surface area contributed by atoms with E-state index in [0.717, 1.165) is 12.1 Å². The summed E-state index contributed by atoms with van der Waals surface area (Å²) < 4.78 is 1.92. The predicted molar refractivity (Wildman–Crippen MR) is 56.2 cm³/mol. The summed E-state index contributed by atoms with van der Waals surface area (Å²) in [7, 11) is 0. The van der Waals surface area contributed by atoms with Crippen LogP contribution in [0.1, 0.15) is 39.4 Å². The van der Waals surface area contributed by atoms with Gasteiger partial charge in [0.25, 0.3) is 0 Å². The molecule has 0 aliphatic carbocycles. The highest BCUT2D eigenvalue weighted by Gasteiger charge is 2.10. The van der Waals surface area contributed by atoms with Crippen LogP contribution in [0.15, 0.2) is 12.3 Å². The van der Waals surface area contributed by atoms with E-state index in [1.807, 2.05) is 23.9 Å². The Hall–Kier alpha value is -1.12. The van der Waals surface area contributed by atoms with Crippen LogP contribution in [-0.2, 0) is 11.2 Å². The van der Waals surface area contributed by atoms with Gasteiger partial charge in [-0.15, -0.1) is 0 Å². The number of nitrogens with zero attached hydrogens (tertiary/aromatic N) is 2. The minimum absolute atomic E-state index is 0.0745. The second-order valence-corrected chi connectivity index (χ2v) is 4.10. The van der Waals surface area contributed by atoms with Crippen molar-refractivity contribution < 1.29 is 4.79 Å². The van der Waals surface area contributed by atoms with Crippen LogP contribution in [0.5, 0.6) is 0 Å². The van der Waals surface area contributed by atoms with Crippen LogP contribution in [-0.4, -0.2) is 15.6 Å². The van der Waals surface area contributed by atoms with Gasteiger partial charge in [0, 0.05) is 24.6 Å². The summed E-state index contributed by atoms with van der Waals surface area (Å²) in [6.07, 6.45) is 2.71. The average molecular weight is 194 g/mol. The van der Waals surface area contributed by atoms with Crippen molar-refractivity contribution in [3.05, 3.63) is 18.0 Å². The molecular weight excluding hydrogens is 176 g/mol. The molecule has 0 radical (unpaired) electrons. The van der Waals surface area contributed by atoms with E-state index in [1.165, 1.54) is 0 Å². The number of rotatable bonds is 4. The molecule has 3 heteroatoms. The van der Waals surface area contributed by atoms with Crippen LogP contribution in [0, 0.1) is 5.92 Å². The molecule has 1 aromatic heterocycles. The van der Waals surface area contributed by atoms with Crippen molar-refractivity contribution in [3.63, 3.8) is 0 Å². The summed E-state index contributed by atoms with van der Waals surface area (Å²) in [4.78, 5) is 11.1. The lowest BCUT2D eigenvalue weighted by Gasteiger charge is -2.05. The Morgan fingerprint density at radius 3 is 2.57 bits per heavy atom. The topological polar surface area (TPSA) is 34.9 Å². The fraction of sp³-hybridized carbons (Fsp3) is 0.636. The van der Waals surface area contributed by atoms with E-state index in [2.05, 4.69) is 18.9 Å². The van der Waals surface area contributed by atoms with E-state index in [1.54, 1.807) is 6.92 Å². The van der Waals surface area contributed by atoms with Gasteiger partial charge >= 0.3 is 0 Å². The Bertz CT molecular complexity index is 315. The molecule has 78 valence electrons. The average Bonchev–Trinajstić information content (AvgIpc) is 2.52. The van der Waals surface area contributed by atoms with Crippen LogP contribution in [0.3, 0.4) is 0 Å². The molecule has 1 atom stereocenters. The molecule has 0 bridgehead atoms. The van der Waals surface area contributed by atoms with E-state index in [-0.39, 0.29) is 11.7 Å². The normalized spacial score (nSPS) is 13.2. The highest BCUT2D eigenvalue weighted by molar-refractivity contribution is 5.78. The third-order valence-corrected chi connectivity index (χ3v) is 2.40. The molecule has 0 saturated carbocycles. The number of Topliss-reactive ketones (excluding diaryl/α,β-unsaturated/α-hetero) is 1. The number of hydrogen-bond donors (Lipinski definition) is 0. The fourth-order valence-electron chi connectivity index (χ4n) is 1.23. The molecule has 1 unspecified atom stereocenters. The maximum absolute atomic E-state index is 11.1. The Labute approximate surface area is 85.1 Å². The lowest BCUT2D eigenvalue weighted by molar-refractivity contribution is -0.120. The minimum Gasteiger partial charge on any atom is -0.300 e. The standard InChI is InChI=1S/C11H18N2O/c1-8(2)13-6-5-11(12-13)7-9(3)10(4)14/h5-6,8-9H,7H2,1-4H3. The van der Waals surface area contributed by atoms with E-state index < -0.39 is 0 Å². The third kappa shape index (κ3) is 2.69. The summed E-state index contributed by atoms with van der Waals surface area (Å²) in [5.41, 5.74) is 1.00. The maximum Gasteiger partial charge on any atom is 0.133 e. The zero-order valence-electron chi connectivity index (χ0n) is 9.32. The SMILES string of the molecule is CC(=O)C(C)Cc1ccn(C(C)C)n1.